The molecule has 0 bridgehead atoms. The summed E-state index contributed by atoms with van der Waals surface area (Å²) in [5.41, 5.74) is 1.07. The van der Waals surface area contributed by atoms with Gasteiger partial charge in [0.25, 0.3) is 0 Å². The van der Waals surface area contributed by atoms with Gasteiger partial charge in [0, 0.05) is 16.7 Å². The normalized spacial score (nSPS) is 10.2. The standard InChI is InChI=1S/C13H19IN2O/c1-2-6-15-7-8-16-13(17)10-11-4-3-5-12(14)9-11/h3-5,9,15H,2,6-8,10H2,1H3,(H,16,17). The van der Waals surface area contributed by atoms with Gasteiger partial charge >= 0.3 is 0 Å². The number of halogens is 1. The number of hydrogen-bond acceptors (Lipinski definition) is 2. The van der Waals surface area contributed by atoms with Gasteiger partial charge in [-0.3, -0.25) is 4.79 Å². The SMILES string of the molecule is CCCNCCNC(=O)Cc1cccc(I)c1. The molecule has 0 aromatic heterocycles. The maximum Gasteiger partial charge on any atom is 0.224 e. The number of amides is 1. The van der Waals surface area contributed by atoms with Crippen LogP contribution in [0.5, 0.6) is 0 Å². The molecule has 17 heavy (non-hydrogen) atoms. The minimum Gasteiger partial charge on any atom is -0.355 e. The van der Waals surface area contributed by atoms with Crippen LogP contribution in [0.1, 0.15) is 18.9 Å². The molecule has 1 aromatic rings. The lowest BCUT2D eigenvalue weighted by Crippen LogP contribution is -2.32. The van der Waals surface area contributed by atoms with Crippen LogP contribution in [0.25, 0.3) is 0 Å². The summed E-state index contributed by atoms with van der Waals surface area (Å²) in [4.78, 5) is 11.6. The monoisotopic (exact) mass is 346 g/mol. The number of rotatable bonds is 7. The molecule has 0 radical (unpaired) electrons. The molecule has 0 aliphatic rings. The Balaban J connectivity index is 2.21. The number of carbonyl (C=O) groups excluding carboxylic acids is 1. The fraction of sp³-hybridized carbons (Fsp3) is 0.462. The third kappa shape index (κ3) is 6.63. The third-order valence-corrected chi connectivity index (χ3v) is 2.98. The van der Waals surface area contributed by atoms with Gasteiger partial charge in [-0.1, -0.05) is 19.1 Å². The maximum atomic E-state index is 11.6. The van der Waals surface area contributed by atoms with Crippen LogP contribution in [0.2, 0.25) is 0 Å². The highest BCUT2D eigenvalue weighted by molar-refractivity contribution is 14.1. The summed E-state index contributed by atoms with van der Waals surface area (Å²) < 4.78 is 1.16. The molecule has 1 aromatic carbocycles. The largest absolute Gasteiger partial charge is 0.355 e. The molecule has 0 aliphatic carbocycles. The first-order valence-electron chi connectivity index (χ1n) is 5.94. The van der Waals surface area contributed by atoms with Crippen LogP contribution in [-0.2, 0) is 11.2 Å². The van der Waals surface area contributed by atoms with E-state index in [1.54, 1.807) is 0 Å². The second-order valence-corrected chi connectivity index (χ2v) is 5.15. The fourth-order valence-corrected chi connectivity index (χ4v) is 2.09. The Morgan fingerprint density at radius 2 is 2.12 bits per heavy atom. The average molecular weight is 346 g/mol. The summed E-state index contributed by atoms with van der Waals surface area (Å²) >= 11 is 2.25. The lowest BCUT2D eigenvalue weighted by molar-refractivity contribution is -0.120. The lowest BCUT2D eigenvalue weighted by Gasteiger charge is -2.06. The van der Waals surface area contributed by atoms with Crippen LogP contribution in [0.15, 0.2) is 24.3 Å². The summed E-state index contributed by atoms with van der Waals surface area (Å²) in [6.07, 6.45) is 1.58. The van der Waals surface area contributed by atoms with E-state index >= 15 is 0 Å². The highest BCUT2D eigenvalue weighted by atomic mass is 127. The van der Waals surface area contributed by atoms with Crippen molar-refractivity contribution < 1.29 is 4.79 Å². The van der Waals surface area contributed by atoms with Gasteiger partial charge in [0.15, 0.2) is 0 Å². The first kappa shape index (κ1) is 14.4. The van der Waals surface area contributed by atoms with E-state index in [9.17, 15) is 4.79 Å². The van der Waals surface area contributed by atoms with Crippen molar-refractivity contribution in [2.24, 2.45) is 0 Å². The zero-order chi connectivity index (χ0) is 12.5. The minimum atomic E-state index is 0.0882. The summed E-state index contributed by atoms with van der Waals surface area (Å²) in [5, 5.41) is 6.15. The quantitative estimate of drug-likeness (QED) is 0.585. The van der Waals surface area contributed by atoms with Gasteiger partial charge in [0.05, 0.1) is 6.42 Å². The molecular formula is C13H19IN2O. The smallest absolute Gasteiger partial charge is 0.224 e. The molecule has 2 N–H and O–H groups in total. The zero-order valence-electron chi connectivity index (χ0n) is 10.1. The number of benzene rings is 1. The van der Waals surface area contributed by atoms with Crippen molar-refractivity contribution in [3.8, 4) is 0 Å². The second kappa shape index (κ2) is 8.47. The van der Waals surface area contributed by atoms with Crippen molar-refractivity contribution in [2.45, 2.75) is 19.8 Å². The molecule has 0 saturated carbocycles. The van der Waals surface area contributed by atoms with Gasteiger partial charge in [0.2, 0.25) is 5.91 Å². The summed E-state index contributed by atoms with van der Waals surface area (Å²) in [5.74, 6) is 0.0882. The van der Waals surface area contributed by atoms with E-state index in [1.165, 1.54) is 0 Å². The topological polar surface area (TPSA) is 41.1 Å². The van der Waals surface area contributed by atoms with E-state index in [0.29, 0.717) is 13.0 Å². The molecule has 3 nitrogen and oxygen atoms in total. The molecule has 0 atom stereocenters. The van der Waals surface area contributed by atoms with Gasteiger partial charge in [-0.25, -0.2) is 0 Å². The molecule has 0 heterocycles. The van der Waals surface area contributed by atoms with E-state index in [2.05, 4.69) is 40.1 Å². The van der Waals surface area contributed by atoms with Crippen LogP contribution in [-0.4, -0.2) is 25.5 Å². The Kier molecular flexibility index (Phi) is 7.19. The number of nitrogens with one attached hydrogen (secondary N) is 2. The highest BCUT2D eigenvalue weighted by Gasteiger charge is 2.02. The van der Waals surface area contributed by atoms with Crippen molar-refractivity contribution in [3.63, 3.8) is 0 Å². The predicted octanol–water partition coefficient (Wildman–Crippen LogP) is 1.95. The van der Waals surface area contributed by atoms with E-state index in [-0.39, 0.29) is 5.91 Å². The summed E-state index contributed by atoms with van der Waals surface area (Å²) in [7, 11) is 0. The van der Waals surface area contributed by atoms with E-state index in [1.807, 2.05) is 24.3 Å². The van der Waals surface area contributed by atoms with Gasteiger partial charge in [0.1, 0.15) is 0 Å². The first-order chi connectivity index (χ1) is 8.22. The van der Waals surface area contributed by atoms with Crippen molar-refractivity contribution >= 4 is 28.5 Å². The average Bonchev–Trinajstić information content (AvgIpc) is 2.29. The van der Waals surface area contributed by atoms with E-state index in [0.717, 1.165) is 28.6 Å². The van der Waals surface area contributed by atoms with Crippen molar-refractivity contribution in [2.75, 3.05) is 19.6 Å². The number of carbonyl (C=O) groups is 1. The van der Waals surface area contributed by atoms with Crippen LogP contribution in [0.3, 0.4) is 0 Å². The molecule has 1 rings (SSSR count). The third-order valence-electron chi connectivity index (χ3n) is 2.30. The second-order valence-electron chi connectivity index (χ2n) is 3.91. The van der Waals surface area contributed by atoms with Crippen LogP contribution in [0.4, 0.5) is 0 Å². The molecule has 0 unspecified atom stereocenters. The molecule has 0 saturated heterocycles. The summed E-state index contributed by atoms with van der Waals surface area (Å²) in [6.45, 7) is 4.67. The highest BCUT2D eigenvalue weighted by Crippen LogP contribution is 2.08. The zero-order valence-corrected chi connectivity index (χ0v) is 12.3. The Morgan fingerprint density at radius 3 is 2.82 bits per heavy atom. The summed E-state index contributed by atoms with van der Waals surface area (Å²) in [6, 6.07) is 8.02. The van der Waals surface area contributed by atoms with E-state index in [4.69, 9.17) is 0 Å². The minimum absolute atomic E-state index is 0.0882. The Labute approximate surface area is 117 Å². The molecule has 0 spiro atoms. The van der Waals surface area contributed by atoms with E-state index < -0.39 is 0 Å². The van der Waals surface area contributed by atoms with Crippen molar-refractivity contribution in [1.82, 2.24) is 10.6 Å². The van der Waals surface area contributed by atoms with Crippen LogP contribution in [0, 0.1) is 3.57 Å². The molecular weight excluding hydrogens is 327 g/mol. The van der Waals surface area contributed by atoms with Crippen LogP contribution >= 0.6 is 22.6 Å². The van der Waals surface area contributed by atoms with Gasteiger partial charge in [-0.15, -0.1) is 0 Å². The Morgan fingerprint density at radius 1 is 1.29 bits per heavy atom. The Bertz CT molecular complexity index is 355. The molecule has 1 amide bonds. The molecule has 94 valence electrons. The molecule has 0 fully saturated rings. The van der Waals surface area contributed by atoms with Crippen molar-refractivity contribution in [1.29, 1.82) is 0 Å². The van der Waals surface area contributed by atoms with Crippen LogP contribution < -0.4 is 10.6 Å². The predicted molar refractivity (Wildman–Crippen MR) is 79.0 cm³/mol. The molecule has 0 aliphatic heterocycles. The fourth-order valence-electron chi connectivity index (χ4n) is 1.49. The van der Waals surface area contributed by atoms with Gasteiger partial charge in [-0.05, 0) is 53.3 Å². The Hall–Kier alpha value is -0.620. The maximum absolute atomic E-state index is 11.6. The van der Waals surface area contributed by atoms with Gasteiger partial charge < -0.3 is 10.6 Å². The molecule has 4 heteroatoms. The first-order valence-corrected chi connectivity index (χ1v) is 7.02. The number of hydrogen-bond donors (Lipinski definition) is 2. The van der Waals surface area contributed by atoms with Crippen molar-refractivity contribution in [3.05, 3.63) is 33.4 Å². The lowest BCUT2D eigenvalue weighted by atomic mass is 10.1. The van der Waals surface area contributed by atoms with Gasteiger partial charge in [-0.2, -0.15) is 0 Å².